The standard InChI is InChI=1S/C23H35NO4S/c1-7-8-9-10-11-12-21(26)29-15-20(25)24(19(5)23(27)28-6)22-17(3)14-13-16(2)18(22)4/h13-14,19H,7-12,15H2,1-6H3/t19-/m0/s1. The molecule has 162 valence electrons. The third kappa shape index (κ3) is 7.50. The van der Waals surface area contributed by atoms with E-state index in [1.165, 1.54) is 24.9 Å². The highest BCUT2D eigenvalue weighted by Gasteiger charge is 2.30. The molecule has 6 heteroatoms. The number of carbonyl (C=O) groups is 3. The highest BCUT2D eigenvalue weighted by atomic mass is 32.2. The molecule has 1 atom stereocenters. The number of thioether (sulfide) groups is 1. The minimum Gasteiger partial charge on any atom is -0.467 e. The molecule has 29 heavy (non-hydrogen) atoms. The van der Waals surface area contributed by atoms with Gasteiger partial charge in [0.2, 0.25) is 5.91 Å². The number of hydrogen-bond donors (Lipinski definition) is 0. The van der Waals surface area contributed by atoms with Gasteiger partial charge in [-0.05, 0) is 50.8 Å². The van der Waals surface area contributed by atoms with E-state index in [1.54, 1.807) is 6.92 Å². The number of ether oxygens (including phenoxy) is 1. The summed E-state index contributed by atoms with van der Waals surface area (Å²) in [5.41, 5.74) is 3.61. The second-order valence-corrected chi connectivity index (χ2v) is 8.49. The Hall–Kier alpha value is -1.82. The molecule has 0 radical (unpaired) electrons. The maximum atomic E-state index is 13.1. The Morgan fingerprint density at radius 2 is 1.66 bits per heavy atom. The van der Waals surface area contributed by atoms with Crippen molar-refractivity contribution in [3.8, 4) is 0 Å². The molecule has 0 N–H and O–H groups in total. The van der Waals surface area contributed by atoms with E-state index < -0.39 is 12.0 Å². The molecule has 0 aliphatic rings. The minimum absolute atomic E-state index is 0.0158. The summed E-state index contributed by atoms with van der Waals surface area (Å²) < 4.78 is 4.88. The zero-order valence-electron chi connectivity index (χ0n) is 18.7. The molecule has 5 nitrogen and oxygen atoms in total. The summed E-state index contributed by atoms with van der Waals surface area (Å²) in [4.78, 5) is 39.0. The number of anilines is 1. The van der Waals surface area contributed by atoms with E-state index in [1.807, 2.05) is 32.9 Å². The predicted octanol–water partition coefficient (Wildman–Crippen LogP) is 5.13. The largest absolute Gasteiger partial charge is 0.467 e. The van der Waals surface area contributed by atoms with Crippen LogP contribution in [0, 0.1) is 20.8 Å². The Kier molecular flexibility index (Phi) is 11.0. The second kappa shape index (κ2) is 12.7. The molecule has 0 saturated heterocycles. The van der Waals surface area contributed by atoms with Gasteiger partial charge in [-0.2, -0.15) is 0 Å². The molecule has 1 rings (SSSR count). The Labute approximate surface area is 179 Å². The van der Waals surface area contributed by atoms with E-state index in [4.69, 9.17) is 4.74 Å². The number of aryl methyl sites for hydroxylation is 2. The zero-order chi connectivity index (χ0) is 22.0. The molecule has 0 aliphatic heterocycles. The highest BCUT2D eigenvalue weighted by Crippen LogP contribution is 2.30. The van der Waals surface area contributed by atoms with Crippen molar-refractivity contribution in [1.29, 1.82) is 0 Å². The van der Waals surface area contributed by atoms with E-state index in [2.05, 4.69) is 6.92 Å². The Bertz CT molecular complexity index is 717. The average molecular weight is 422 g/mol. The van der Waals surface area contributed by atoms with Crippen LogP contribution in [0.3, 0.4) is 0 Å². The maximum Gasteiger partial charge on any atom is 0.328 e. The molecule has 0 aromatic heterocycles. The fourth-order valence-corrected chi connectivity index (χ4v) is 3.99. The molecule has 1 aromatic carbocycles. The SMILES string of the molecule is CCCCCCCC(=O)SCC(=O)N(c1c(C)ccc(C)c1C)[C@@H](C)C(=O)OC. The van der Waals surface area contributed by atoms with Crippen molar-refractivity contribution in [1.82, 2.24) is 0 Å². The number of carbonyl (C=O) groups excluding carboxylic acids is 3. The lowest BCUT2D eigenvalue weighted by molar-refractivity contribution is -0.142. The Morgan fingerprint density at radius 1 is 1.03 bits per heavy atom. The highest BCUT2D eigenvalue weighted by molar-refractivity contribution is 8.14. The summed E-state index contributed by atoms with van der Waals surface area (Å²) in [5, 5.41) is 0.0261. The van der Waals surface area contributed by atoms with Gasteiger partial charge in [-0.25, -0.2) is 4.79 Å². The van der Waals surface area contributed by atoms with Crippen molar-refractivity contribution in [3.63, 3.8) is 0 Å². The monoisotopic (exact) mass is 421 g/mol. The van der Waals surface area contributed by atoms with Crippen molar-refractivity contribution < 1.29 is 19.1 Å². The average Bonchev–Trinajstić information content (AvgIpc) is 2.70. The first-order valence-electron chi connectivity index (χ1n) is 10.4. The summed E-state index contributed by atoms with van der Waals surface area (Å²) in [6, 6.07) is 3.17. The summed E-state index contributed by atoms with van der Waals surface area (Å²) in [7, 11) is 1.31. The van der Waals surface area contributed by atoms with E-state index >= 15 is 0 Å². The molecule has 1 amide bonds. The lowest BCUT2D eigenvalue weighted by atomic mass is 10.0. The van der Waals surface area contributed by atoms with Crippen LogP contribution in [0.15, 0.2) is 12.1 Å². The van der Waals surface area contributed by atoms with Crippen LogP contribution >= 0.6 is 11.8 Å². The van der Waals surface area contributed by atoms with Crippen LogP contribution in [0.2, 0.25) is 0 Å². The van der Waals surface area contributed by atoms with Crippen LogP contribution < -0.4 is 4.90 Å². The molecule has 0 fully saturated rings. The fourth-order valence-electron chi connectivity index (χ4n) is 3.27. The maximum absolute atomic E-state index is 13.1. The Morgan fingerprint density at radius 3 is 2.28 bits per heavy atom. The van der Waals surface area contributed by atoms with Crippen molar-refractivity contribution in [2.45, 2.75) is 79.2 Å². The van der Waals surface area contributed by atoms with Gasteiger partial charge < -0.3 is 4.74 Å². The predicted molar refractivity (Wildman–Crippen MR) is 120 cm³/mol. The van der Waals surface area contributed by atoms with Gasteiger partial charge in [-0.1, -0.05) is 56.5 Å². The van der Waals surface area contributed by atoms with Crippen LogP contribution in [-0.2, 0) is 19.1 Å². The number of benzene rings is 1. The molecular formula is C23H35NO4S. The van der Waals surface area contributed by atoms with Crippen LogP contribution in [0.5, 0.6) is 0 Å². The number of methoxy groups -OCH3 is 1. The molecule has 0 unspecified atom stereocenters. The van der Waals surface area contributed by atoms with Crippen molar-refractivity contribution in [2.24, 2.45) is 0 Å². The number of rotatable bonds is 11. The summed E-state index contributed by atoms with van der Waals surface area (Å²) in [6.45, 7) is 9.65. The first-order chi connectivity index (χ1) is 13.7. The lowest BCUT2D eigenvalue weighted by Crippen LogP contribution is -2.46. The molecule has 0 saturated carbocycles. The van der Waals surface area contributed by atoms with Gasteiger partial charge in [0, 0.05) is 6.42 Å². The summed E-state index contributed by atoms with van der Waals surface area (Å²) in [5.74, 6) is -0.725. The summed E-state index contributed by atoms with van der Waals surface area (Å²) >= 11 is 1.04. The molecule has 1 aromatic rings. The number of esters is 1. The van der Waals surface area contributed by atoms with Crippen LogP contribution in [0.4, 0.5) is 5.69 Å². The fraction of sp³-hybridized carbons (Fsp3) is 0.609. The quantitative estimate of drug-likeness (QED) is 0.366. The third-order valence-corrected chi connectivity index (χ3v) is 6.10. The third-order valence-electron chi connectivity index (χ3n) is 5.18. The van der Waals surface area contributed by atoms with E-state index in [0.717, 1.165) is 53.4 Å². The summed E-state index contributed by atoms with van der Waals surface area (Å²) in [6.07, 6.45) is 5.89. The van der Waals surface area contributed by atoms with Crippen molar-refractivity contribution in [3.05, 3.63) is 28.8 Å². The van der Waals surface area contributed by atoms with Crippen LogP contribution in [-0.4, -0.2) is 35.9 Å². The van der Waals surface area contributed by atoms with Gasteiger partial charge in [0.25, 0.3) is 0 Å². The lowest BCUT2D eigenvalue weighted by Gasteiger charge is -2.31. The van der Waals surface area contributed by atoms with E-state index in [-0.39, 0.29) is 16.8 Å². The number of unbranched alkanes of at least 4 members (excludes halogenated alkanes) is 4. The van der Waals surface area contributed by atoms with E-state index in [9.17, 15) is 14.4 Å². The van der Waals surface area contributed by atoms with Gasteiger partial charge >= 0.3 is 5.97 Å². The van der Waals surface area contributed by atoms with Gasteiger partial charge in [0.15, 0.2) is 5.12 Å². The molecule has 0 bridgehead atoms. The van der Waals surface area contributed by atoms with Gasteiger partial charge in [-0.15, -0.1) is 0 Å². The van der Waals surface area contributed by atoms with Crippen molar-refractivity contribution in [2.75, 3.05) is 17.8 Å². The molecular weight excluding hydrogens is 386 g/mol. The van der Waals surface area contributed by atoms with E-state index in [0.29, 0.717) is 6.42 Å². The normalized spacial score (nSPS) is 11.8. The van der Waals surface area contributed by atoms with Crippen molar-refractivity contribution >= 4 is 34.4 Å². The number of amides is 1. The number of hydrogen-bond acceptors (Lipinski definition) is 5. The smallest absolute Gasteiger partial charge is 0.328 e. The van der Waals surface area contributed by atoms with Gasteiger partial charge in [0.05, 0.1) is 18.6 Å². The minimum atomic E-state index is -0.767. The molecule has 0 spiro atoms. The van der Waals surface area contributed by atoms with Crippen LogP contribution in [0.1, 0.15) is 69.1 Å². The second-order valence-electron chi connectivity index (χ2n) is 7.46. The van der Waals surface area contributed by atoms with Gasteiger partial charge in [-0.3, -0.25) is 14.5 Å². The first kappa shape index (κ1) is 25.2. The molecule has 0 aliphatic carbocycles. The topological polar surface area (TPSA) is 63.7 Å². The first-order valence-corrected chi connectivity index (χ1v) is 11.3. The van der Waals surface area contributed by atoms with Gasteiger partial charge in [0.1, 0.15) is 6.04 Å². The zero-order valence-corrected chi connectivity index (χ0v) is 19.5. The molecule has 0 heterocycles. The van der Waals surface area contributed by atoms with Crippen LogP contribution in [0.25, 0.3) is 0 Å². The number of nitrogens with zero attached hydrogens (tertiary/aromatic N) is 1. The Balaban J connectivity index is 2.90.